The van der Waals surface area contributed by atoms with E-state index < -0.39 is 0 Å². The smallest absolute Gasteiger partial charge is 0.222 e. The highest BCUT2D eigenvalue weighted by atomic mass is 16.5. The number of hydrogen-bond donors (Lipinski definition) is 0. The van der Waals surface area contributed by atoms with Gasteiger partial charge in [0.05, 0.1) is 17.0 Å². The van der Waals surface area contributed by atoms with Crippen LogP contribution < -0.4 is 0 Å². The van der Waals surface area contributed by atoms with Crippen LogP contribution in [0.25, 0.3) is 0 Å². The quantitative estimate of drug-likeness (QED) is 0.847. The van der Waals surface area contributed by atoms with E-state index in [2.05, 4.69) is 22.2 Å². The van der Waals surface area contributed by atoms with E-state index in [0.29, 0.717) is 5.89 Å². The summed E-state index contributed by atoms with van der Waals surface area (Å²) in [5.74, 6) is 1.54. The minimum absolute atomic E-state index is 0.0406. The molecule has 2 aromatic heterocycles. The van der Waals surface area contributed by atoms with Crippen LogP contribution >= 0.6 is 0 Å². The molecule has 0 saturated carbocycles. The van der Waals surface area contributed by atoms with Crippen molar-refractivity contribution in [2.75, 3.05) is 19.8 Å². The summed E-state index contributed by atoms with van der Waals surface area (Å²) in [5, 5.41) is 13.2. The minimum Gasteiger partial charge on any atom is -0.424 e. The third-order valence-corrected chi connectivity index (χ3v) is 5.81. The Hall–Kier alpha value is -1.73. The molecule has 0 N–H and O–H groups in total. The lowest BCUT2D eigenvalue weighted by atomic mass is 9.78. The Bertz CT molecular complexity index is 705. The monoisotopic (exact) mass is 346 g/mol. The van der Waals surface area contributed by atoms with Gasteiger partial charge in [-0.3, -0.25) is 4.68 Å². The number of hydrogen-bond acceptors (Lipinski definition) is 6. The molecule has 0 unspecified atom stereocenters. The van der Waals surface area contributed by atoms with Gasteiger partial charge in [0, 0.05) is 33.1 Å². The number of aryl methyl sites for hydroxylation is 1. The molecule has 0 amide bonds. The average Bonchev–Trinajstić information content (AvgIpc) is 3.32. The standard InChI is InChI=1S/C18H26N4O3/c1-3-18(7-11-23-12-8-18)17-21-20-16(25-17)13-5-4-10-24-15(13)14-6-9-19-22(14)2/h6,9,13,15H,3-5,7-8,10-12H2,1-2H3/t13-,15-/m1/s1. The van der Waals surface area contributed by atoms with Gasteiger partial charge >= 0.3 is 0 Å². The second-order valence-corrected chi connectivity index (χ2v) is 7.11. The maximum Gasteiger partial charge on any atom is 0.222 e. The first kappa shape index (κ1) is 16.7. The molecule has 2 fully saturated rings. The number of nitrogens with zero attached hydrogens (tertiary/aromatic N) is 4. The van der Waals surface area contributed by atoms with Crippen molar-refractivity contribution in [3.8, 4) is 0 Å². The van der Waals surface area contributed by atoms with Gasteiger partial charge in [0.2, 0.25) is 11.8 Å². The highest BCUT2D eigenvalue weighted by Gasteiger charge is 2.40. The van der Waals surface area contributed by atoms with E-state index >= 15 is 0 Å². The van der Waals surface area contributed by atoms with Crippen molar-refractivity contribution in [2.45, 2.75) is 56.5 Å². The first-order valence-corrected chi connectivity index (χ1v) is 9.24. The lowest BCUT2D eigenvalue weighted by molar-refractivity contribution is -0.0149. The third-order valence-electron chi connectivity index (χ3n) is 5.81. The van der Waals surface area contributed by atoms with Crippen molar-refractivity contribution < 1.29 is 13.9 Å². The Morgan fingerprint density at radius 2 is 2.08 bits per heavy atom. The van der Waals surface area contributed by atoms with E-state index in [1.165, 1.54) is 0 Å². The fraction of sp³-hybridized carbons (Fsp3) is 0.722. The van der Waals surface area contributed by atoms with E-state index in [1.54, 1.807) is 6.20 Å². The van der Waals surface area contributed by atoms with Gasteiger partial charge in [-0.2, -0.15) is 5.10 Å². The average molecular weight is 346 g/mol. The predicted molar refractivity (Wildman–Crippen MR) is 90.2 cm³/mol. The van der Waals surface area contributed by atoms with Crippen molar-refractivity contribution in [3.63, 3.8) is 0 Å². The molecule has 2 aliphatic rings. The van der Waals surface area contributed by atoms with E-state index in [9.17, 15) is 0 Å². The second kappa shape index (κ2) is 6.88. The molecule has 0 aliphatic carbocycles. The number of ether oxygens (including phenoxy) is 2. The predicted octanol–water partition coefficient (Wildman–Crippen LogP) is 2.90. The van der Waals surface area contributed by atoms with Gasteiger partial charge in [0.1, 0.15) is 6.10 Å². The zero-order valence-corrected chi connectivity index (χ0v) is 15.0. The Kier molecular flexibility index (Phi) is 4.60. The van der Waals surface area contributed by atoms with Crippen molar-refractivity contribution in [1.82, 2.24) is 20.0 Å². The molecule has 0 radical (unpaired) electrons. The van der Waals surface area contributed by atoms with Gasteiger partial charge in [-0.05, 0) is 38.2 Å². The molecule has 136 valence electrons. The Labute approximate surface area is 147 Å². The topological polar surface area (TPSA) is 75.2 Å². The fourth-order valence-corrected chi connectivity index (χ4v) is 4.07. The van der Waals surface area contributed by atoms with Crippen LogP contribution in [0, 0.1) is 0 Å². The number of rotatable bonds is 4. The summed E-state index contributed by atoms with van der Waals surface area (Å²) < 4.78 is 19.7. The van der Waals surface area contributed by atoms with E-state index in [1.807, 2.05) is 17.8 Å². The van der Waals surface area contributed by atoms with Crippen LogP contribution in [0.1, 0.15) is 68.5 Å². The zero-order valence-electron chi connectivity index (χ0n) is 15.0. The van der Waals surface area contributed by atoms with Crippen molar-refractivity contribution in [2.24, 2.45) is 7.05 Å². The normalized spacial score (nSPS) is 26.6. The zero-order chi connectivity index (χ0) is 17.3. The van der Waals surface area contributed by atoms with Gasteiger partial charge in [0.15, 0.2) is 0 Å². The van der Waals surface area contributed by atoms with Crippen LogP contribution in [-0.4, -0.2) is 39.8 Å². The van der Waals surface area contributed by atoms with Crippen LogP contribution in [0.2, 0.25) is 0 Å². The van der Waals surface area contributed by atoms with Crippen molar-refractivity contribution >= 4 is 0 Å². The Morgan fingerprint density at radius 3 is 2.80 bits per heavy atom. The highest BCUT2D eigenvalue weighted by molar-refractivity contribution is 5.14. The molecule has 0 bridgehead atoms. The van der Waals surface area contributed by atoms with Crippen LogP contribution in [0.3, 0.4) is 0 Å². The lowest BCUT2D eigenvalue weighted by Gasteiger charge is -2.33. The molecule has 4 heterocycles. The maximum absolute atomic E-state index is 6.24. The molecular formula is C18H26N4O3. The van der Waals surface area contributed by atoms with Crippen LogP contribution in [0.15, 0.2) is 16.7 Å². The maximum atomic E-state index is 6.24. The SMILES string of the molecule is CCC1(c2nnc([C@@H]3CCCO[C@H]3c3ccnn3C)o2)CCOCC1. The van der Waals surface area contributed by atoms with Crippen molar-refractivity contribution in [3.05, 3.63) is 29.7 Å². The molecule has 0 spiro atoms. The molecule has 25 heavy (non-hydrogen) atoms. The molecule has 2 aromatic rings. The van der Waals surface area contributed by atoms with Gasteiger partial charge < -0.3 is 13.9 Å². The van der Waals surface area contributed by atoms with Gasteiger partial charge in [0.25, 0.3) is 0 Å². The minimum atomic E-state index is -0.0817. The lowest BCUT2D eigenvalue weighted by Crippen LogP contribution is -2.33. The van der Waals surface area contributed by atoms with Gasteiger partial charge in [-0.1, -0.05) is 6.92 Å². The molecule has 0 aromatic carbocycles. The van der Waals surface area contributed by atoms with Crippen LogP contribution in [-0.2, 0) is 21.9 Å². The number of aromatic nitrogens is 4. The molecule has 2 aliphatic heterocycles. The summed E-state index contributed by atoms with van der Waals surface area (Å²) in [4.78, 5) is 0. The summed E-state index contributed by atoms with van der Waals surface area (Å²) in [5.41, 5.74) is 1.02. The molecule has 2 atom stereocenters. The fourth-order valence-electron chi connectivity index (χ4n) is 4.07. The second-order valence-electron chi connectivity index (χ2n) is 7.11. The molecule has 4 rings (SSSR count). The molecule has 7 heteroatoms. The van der Waals surface area contributed by atoms with Crippen LogP contribution in [0.4, 0.5) is 0 Å². The Morgan fingerprint density at radius 1 is 1.24 bits per heavy atom. The summed E-state index contributed by atoms with van der Waals surface area (Å²) >= 11 is 0. The summed E-state index contributed by atoms with van der Waals surface area (Å²) in [6, 6.07) is 2.01. The highest BCUT2D eigenvalue weighted by Crippen LogP contribution is 2.42. The van der Waals surface area contributed by atoms with Gasteiger partial charge in [-0.25, -0.2) is 0 Å². The first-order valence-electron chi connectivity index (χ1n) is 9.24. The molecule has 7 nitrogen and oxygen atoms in total. The van der Waals surface area contributed by atoms with Gasteiger partial charge in [-0.15, -0.1) is 10.2 Å². The summed E-state index contributed by atoms with van der Waals surface area (Å²) in [6.07, 6.45) is 6.59. The van der Waals surface area contributed by atoms with E-state index in [-0.39, 0.29) is 17.4 Å². The largest absolute Gasteiger partial charge is 0.424 e. The summed E-state index contributed by atoms with van der Waals surface area (Å²) in [7, 11) is 1.94. The van der Waals surface area contributed by atoms with E-state index in [4.69, 9.17) is 13.9 Å². The van der Waals surface area contributed by atoms with Crippen molar-refractivity contribution in [1.29, 1.82) is 0 Å². The summed E-state index contributed by atoms with van der Waals surface area (Å²) in [6.45, 7) is 4.46. The molecular weight excluding hydrogens is 320 g/mol. The van der Waals surface area contributed by atoms with E-state index in [0.717, 1.165) is 63.5 Å². The third kappa shape index (κ3) is 3.00. The molecule has 2 saturated heterocycles. The van der Waals surface area contributed by atoms with Crippen LogP contribution in [0.5, 0.6) is 0 Å². The Balaban J connectivity index is 1.62. The first-order chi connectivity index (χ1) is 12.2.